The predicted octanol–water partition coefficient (Wildman–Crippen LogP) is 4.51. The molecule has 0 saturated heterocycles. The second-order valence-corrected chi connectivity index (χ2v) is 6.79. The summed E-state index contributed by atoms with van der Waals surface area (Å²) < 4.78 is 1.04. The molecule has 0 radical (unpaired) electrons. The fourth-order valence-corrected chi connectivity index (χ4v) is 3.64. The van der Waals surface area contributed by atoms with Gasteiger partial charge in [-0.1, -0.05) is 38.5 Å². The lowest BCUT2D eigenvalue weighted by molar-refractivity contribution is 0.0701. The molecule has 0 amide bonds. The van der Waals surface area contributed by atoms with E-state index in [4.69, 9.17) is 0 Å². The van der Waals surface area contributed by atoms with E-state index in [9.17, 15) is 9.90 Å². The van der Waals surface area contributed by atoms with Gasteiger partial charge >= 0.3 is 5.97 Å². The number of carboxylic acids is 1. The van der Waals surface area contributed by atoms with E-state index in [1.165, 1.54) is 17.8 Å². The molecule has 0 bridgehead atoms. The summed E-state index contributed by atoms with van der Waals surface area (Å²) in [5, 5.41) is 13.9. The third-order valence-electron chi connectivity index (χ3n) is 3.97. The number of aromatic carboxylic acids is 1. The van der Waals surface area contributed by atoms with Gasteiger partial charge in [-0.3, -0.25) is 0 Å². The zero-order valence-corrected chi connectivity index (χ0v) is 13.7. The summed E-state index contributed by atoms with van der Waals surface area (Å²) in [5.74, 6) is -0.145. The fraction of sp³-hybridized carbons (Fsp3) is 0.471. The summed E-state index contributed by atoms with van der Waals surface area (Å²) >= 11 is 1.36. The van der Waals surface area contributed by atoms with Crippen LogP contribution >= 0.6 is 11.3 Å². The largest absolute Gasteiger partial charge is 0.477 e. The van der Waals surface area contributed by atoms with Crippen LogP contribution in [0.25, 0.3) is 10.1 Å². The van der Waals surface area contributed by atoms with E-state index < -0.39 is 5.97 Å². The van der Waals surface area contributed by atoms with Crippen molar-refractivity contribution >= 4 is 27.4 Å². The lowest BCUT2D eigenvalue weighted by atomic mass is 10.00. The molecule has 0 aliphatic carbocycles. The van der Waals surface area contributed by atoms with E-state index in [-0.39, 0.29) is 0 Å². The zero-order valence-electron chi connectivity index (χ0n) is 12.8. The van der Waals surface area contributed by atoms with Crippen LogP contribution in [0.5, 0.6) is 0 Å². The Balaban J connectivity index is 2.17. The molecule has 2 rings (SSSR count). The molecule has 2 atom stereocenters. The SMILES string of the molecule is CCC(C)CC(C)NCc1c(C(=O)O)sc2ccccc12. The van der Waals surface area contributed by atoms with E-state index in [0.717, 1.165) is 22.1 Å². The summed E-state index contributed by atoms with van der Waals surface area (Å²) in [6.45, 7) is 7.23. The Labute approximate surface area is 130 Å². The number of hydrogen-bond acceptors (Lipinski definition) is 3. The lowest BCUT2D eigenvalue weighted by Gasteiger charge is -2.17. The molecule has 0 fully saturated rings. The first-order chi connectivity index (χ1) is 10.0. The number of fused-ring (bicyclic) bond motifs is 1. The Bertz CT molecular complexity index is 620. The summed E-state index contributed by atoms with van der Waals surface area (Å²) in [6.07, 6.45) is 2.29. The molecular formula is C17H23NO2S. The molecule has 1 aromatic carbocycles. The van der Waals surface area contributed by atoms with Crippen molar-refractivity contribution in [3.05, 3.63) is 34.7 Å². The van der Waals surface area contributed by atoms with Gasteiger partial charge in [0.1, 0.15) is 4.88 Å². The molecule has 4 heteroatoms. The predicted molar refractivity (Wildman–Crippen MR) is 89.2 cm³/mol. The van der Waals surface area contributed by atoms with E-state index in [1.54, 1.807) is 0 Å². The fourth-order valence-electron chi connectivity index (χ4n) is 2.58. The van der Waals surface area contributed by atoms with E-state index >= 15 is 0 Å². The number of nitrogens with one attached hydrogen (secondary N) is 1. The van der Waals surface area contributed by atoms with Gasteiger partial charge in [-0.2, -0.15) is 0 Å². The Hall–Kier alpha value is -1.39. The highest BCUT2D eigenvalue weighted by atomic mass is 32.1. The first-order valence-electron chi connectivity index (χ1n) is 7.50. The third kappa shape index (κ3) is 3.83. The summed E-state index contributed by atoms with van der Waals surface area (Å²) in [5.41, 5.74) is 0.916. The number of thiophene rings is 1. The van der Waals surface area contributed by atoms with Crippen LogP contribution in [0, 0.1) is 5.92 Å². The molecule has 1 heterocycles. The molecule has 2 N–H and O–H groups in total. The quantitative estimate of drug-likeness (QED) is 0.791. The van der Waals surface area contributed by atoms with Crippen LogP contribution in [0.4, 0.5) is 0 Å². The molecule has 0 aliphatic heterocycles. The monoisotopic (exact) mass is 305 g/mol. The van der Waals surface area contributed by atoms with Crippen LogP contribution in [-0.4, -0.2) is 17.1 Å². The van der Waals surface area contributed by atoms with Gasteiger partial charge in [-0.05, 0) is 36.3 Å². The molecule has 0 spiro atoms. The number of carboxylic acid groups (broad SMARTS) is 1. The smallest absolute Gasteiger partial charge is 0.346 e. The molecule has 1 aromatic heterocycles. The van der Waals surface area contributed by atoms with Crippen LogP contribution in [0.2, 0.25) is 0 Å². The van der Waals surface area contributed by atoms with Crippen molar-refractivity contribution in [1.29, 1.82) is 0 Å². The van der Waals surface area contributed by atoms with Crippen LogP contribution in [0.3, 0.4) is 0 Å². The minimum absolute atomic E-state index is 0.389. The summed E-state index contributed by atoms with van der Waals surface area (Å²) in [6, 6.07) is 8.30. The zero-order chi connectivity index (χ0) is 15.4. The standard InChI is InChI=1S/C17H23NO2S/c1-4-11(2)9-12(3)18-10-14-13-7-5-6-8-15(13)21-16(14)17(19)20/h5-8,11-12,18H,4,9-10H2,1-3H3,(H,19,20). The second-order valence-electron chi connectivity index (χ2n) is 5.74. The van der Waals surface area contributed by atoms with Gasteiger partial charge < -0.3 is 10.4 Å². The average molecular weight is 305 g/mol. The van der Waals surface area contributed by atoms with Gasteiger partial charge in [0.05, 0.1) is 0 Å². The maximum atomic E-state index is 11.4. The highest BCUT2D eigenvalue weighted by molar-refractivity contribution is 7.21. The van der Waals surface area contributed by atoms with Crippen LogP contribution in [-0.2, 0) is 6.54 Å². The Morgan fingerprint density at radius 2 is 2.05 bits per heavy atom. The van der Waals surface area contributed by atoms with Crippen LogP contribution < -0.4 is 5.32 Å². The van der Waals surface area contributed by atoms with Gasteiger partial charge in [0.15, 0.2) is 0 Å². The number of benzene rings is 1. The normalized spacial score (nSPS) is 14.2. The summed E-state index contributed by atoms with van der Waals surface area (Å²) in [7, 11) is 0. The van der Waals surface area contributed by atoms with Crippen molar-refractivity contribution in [2.45, 2.75) is 46.2 Å². The lowest BCUT2D eigenvalue weighted by Crippen LogP contribution is -2.27. The van der Waals surface area contributed by atoms with Gasteiger partial charge in [-0.25, -0.2) is 4.79 Å². The molecular weight excluding hydrogens is 282 g/mol. The van der Waals surface area contributed by atoms with Crippen molar-refractivity contribution in [2.24, 2.45) is 5.92 Å². The molecule has 2 unspecified atom stereocenters. The minimum Gasteiger partial charge on any atom is -0.477 e. The van der Waals surface area contributed by atoms with Gasteiger partial charge in [-0.15, -0.1) is 11.3 Å². The van der Waals surface area contributed by atoms with E-state index in [1.807, 2.05) is 24.3 Å². The molecule has 114 valence electrons. The van der Waals surface area contributed by atoms with Crippen LogP contribution in [0.15, 0.2) is 24.3 Å². The molecule has 0 aliphatic rings. The van der Waals surface area contributed by atoms with E-state index in [0.29, 0.717) is 23.4 Å². The van der Waals surface area contributed by atoms with Crippen molar-refractivity contribution < 1.29 is 9.90 Å². The third-order valence-corrected chi connectivity index (χ3v) is 5.17. The molecule has 3 nitrogen and oxygen atoms in total. The first-order valence-corrected chi connectivity index (χ1v) is 8.31. The topological polar surface area (TPSA) is 49.3 Å². The van der Waals surface area contributed by atoms with E-state index in [2.05, 4.69) is 26.1 Å². The molecule has 21 heavy (non-hydrogen) atoms. The first kappa shape index (κ1) is 16.0. The van der Waals surface area contributed by atoms with Crippen molar-refractivity contribution in [3.8, 4) is 0 Å². The van der Waals surface area contributed by atoms with Crippen molar-refractivity contribution in [1.82, 2.24) is 5.32 Å². The molecule has 2 aromatic rings. The second kappa shape index (κ2) is 7.05. The van der Waals surface area contributed by atoms with Crippen molar-refractivity contribution in [2.75, 3.05) is 0 Å². The highest BCUT2D eigenvalue weighted by Crippen LogP contribution is 2.31. The highest BCUT2D eigenvalue weighted by Gasteiger charge is 2.18. The Kier molecular flexibility index (Phi) is 5.37. The Morgan fingerprint density at radius 1 is 1.33 bits per heavy atom. The van der Waals surface area contributed by atoms with Gasteiger partial charge in [0, 0.05) is 17.3 Å². The van der Waals surface area contributed by atoms with Gasteiger partial charge in [0.25, 0.3) is 0 Å². The average Bonchev–Trinajstić information content (AvgIpc) is 2.84. The molecule has 0 saturated carbocycles. The number of carbonyl (C=O) groups is 1. The van der Waals surface area contributed by atoms with Crippen LogP contribution in [0.1, 0.15) is 48.8 Å². The maximum Gasteiger partial charge on any atom is 0.346 e. The maximum absolute atomic E-state index is 11.4. The van der Waals surface area contributed by atoms with Crippen molar-refractivity contribution in [3.63, 3.8) is 0 Å². The number of rotatable bonds is 7. The van der Waals surface area contributed by atoms with Gasteiger partial charge in [0.2, 0.25) is 0 Å². The minimum atomic E-state index is -0.831. The summed E-state index contributed by atoms with van der Waals surface area (Å²) in [4.78, 5) is 11.9. The number of hydrogen-bond donors (Lipinski definition) is 2. The Morgan fingerprint density at radius 3 is 2.71 bits per heavy atom.